The van der Waals surface area contributed by atoms with Gasteiger partial charge in [-0.05, 0) is 30.3 Å². The molecule has 0 bridgehead atoms. The van der Waals surface area contributed by atoms with E-state index in [1.165, 1.54) is 0 Å². The molecule has 144 valence electrons. The number of anilines is 1. The number of esters is 1. The topological polar surface area (TPSA) is 88.4 Å². The van der Waals surface area contributed by atoms with Gasteiger partial charge in [-0.2, -0.15) is 5.26 Å². The second-order valence-corrected chi connectivity index (χ2v) is 8.52. The molecule has 0 saturated carbocycles. The molecule has 2 aromatic rings. The van der Waals surface area contributed by atoms with Gasteiger partial charge in [0.25, 0.3) is 5.91 Å². The Balaban J connectivity index is 1.44. The molecule has 1 saturated heterocycles. The fourth-order valence-corrected chi connectivity index (χ4v) is 5.40. The summed E-state index contributed by atoms with van der Waals surface area (Å²) in [6.07, 6.45) is 0. The number of amides is 1. The minimum Gasteiger partial charge on any atom is -0.482 e. The van der Waals surface area contributed by atoms with Gasteiger partial charge in [-0.15, -0.1) is 23.5 Å². The molecular formula is C20H18N2O4S2. The predicted molar refractivity (Wildman–Crippen MR) is 110 cm³/mol. The number of hydrogen-bond acceptors (Lipinski definition) is 7. The average molecular weight is 415 g/mol. The molecule has 0 aromatic heterocycles. The number of para-hydroxylation sites is 1. The van der Waals surface area contributed by atoms with Gasteiger partial charge in [0.2, 0.25) is 0 Å². The van der Waals surface area contributed by atoms with E-state index in [0.717, 1.165) is 17.1 Å². The van der Waals surface area contributed by atoms with Crippen molar-refractivity contribution < 1.29 is 19.1 Å². The van der Waals surface area contributed by atoms with E-state index in [-0.39, 0.29) is 6.61 Å². The zero-order valence-corrected chi connectivity index (χ0v) is 16.6. The molecule has 8 heteroatoms. The van der Waals surface area contributed by atoms with Gasteiger partial charge < -0.3 is 14.8 Å². The van der Waals surface area contributed by atoms with Crippen molar-refractivity contribution in [2.75, 3.05) is 30.0 Å². The Kier molecular flexibility index (Phi) is 7.23. The quantitative estimate of drug-likeness (QED) is 0.693. The molecule has 2 aromatic carbocycles. The smallest absolute Gasteiger partial charge is 0.344 e. The highest BCUT2D eigenvalue weighted by Crippen LogP contribution is 2.48. The average Bonchev–Trinajstić information content (AvgIpc) is 3.26. The van der Waals surface area contributed by atoms with Crippen molar-refractivity contribution in [2.24, 2.45) is 0 Å². The minimum absolute atomic E-state index is 0.261. The van der Waals surface area contributed by atoms with Gasteiger partial charge in [0.15, 0.2) is 13.2 Å². The third kappa shape index (κ3) is 5.68. The molecule has 1 amide bonds. The first kappa shape index (κ1) is 20.1. The predicted octanol–water partition coefficient (Wildman–Crippen LogP) is 3.60. The third-order valence-corrected chi connectivity index (χ3v) is 6.87. The molecule has 6 nitrogen and oxygen atoms in total. The maximum Gasteiger partial charge on any atom is 0.344 e. The molecule has 3 rings (SSSR count). The third-order valence-electron chi connectivity index (χ3n) is 3.80. The number of carbonyl (C=O) groups excluding carboxylic acids is 2. The normalized spacial score (nSPS) is 13.5. The number of nitrogens with zero attached hydrogens (tertiary/aromatic N) is 1. The highest BCUT2D eigenvalue weighted by molar-refractivity contribution is 8.19. The number of ether oxygens (including phenoxy) is 2. The van der Waals surface area contributed by atoms with E-state index in [1.807, 2.05) is 53.9 Å². The summed E-state index contributed by atoms with van der Waals surface area (Å²) in [6.45, 7) is -0.665. The van der Waals surface area contributed by atoms with Crippen molar-refractivity contribution in [2.45, 2.75) is 4.58 Å². The second-order valence-electron chi connectivity index (χ2n) is 5.80. The molecule has 0 spiro atoms. The Bertz CT molecular complexity index is 875. The maximum atomic E-state index is 11.9. The van der Waals surface area contributed by atoms with Crippen LogP contribution >= 0.6 is 23.5 Å². The SMILES string of the molecule is N#Cc1ccc(NC(=O)COC(=O)COc2ccccc2C2SCCS2)cc1. The molecule has 1 aliphatic heterocycles. The van der Waals surface area contributed by atoms with Crippen LogP contribution in [0.5, 0.6) is 5.75 Å². The van der Waals surface area contributed by atoms with Gasteiger partial charge in [-0.25, -0.2) is 4.79 Å². The van der Waals surface area contributed by atoms with Crippen LogP contribution in [0.25, 0.3) is 0 Å². The number of carbonyl (C=O) groups is 2. The first-order valence-corrected chi connectivity index (χ1v) is 10.7. The molecule has 0 aliphatic carbocycles. The van der Waals surface area contributed by atoms with Crippen LogP contribution in [0.15, 0.2) is 48.5 Å². The van der Waals surface area contributed by atoms with Crippen molar-refractivity contribution in [1.82, 2.24) is 0 Å². The highest BCUT2D eigenvalue weighted by atomic mass is 32.2. The van der Waals surface area contributed by atoms with Gasteiger partial charge >= 0.3 is 5.97 Å². The lowest BCUT2D eigenvalue weighted by molar-refractivity contribution is -0.149. The van der Waals surface area contributed by atoms with Crippen LogP contribution in [0.4, 0.5) is 5.69 Å². The van der Waals surface area contributed by atoms with E-state index in [1.54, 1.807) is 24.3 Å². The molecule has 0 radical (unpaired) electrons. The molecule has 28 heavy (non-hydrogen) atoms. The van der Waals surface area contributed by atoms with Crippen LogP contribution in [-0.2, 0) is 14.3 Å². The molecule has 1 fully saturated rings. The van der Waals surface area contributed by atoms with E-state index in [9.17, 15) is 9.59 Å². The summed E-state index contributed by atoms with van der Waals surface area (Å²) >= 11 is 3.71. The summed E-state index contributed by atoms with van der Waals surface area (Å²) in [5, 5.41) is 11.4. The number of rotatable bonds is 7. The van der Waals surface area contributed by atoms with Crippen molar-refractivity contribution in [3.05, 3.63) is 59.7 Å². The number of hydrogen-bond donors (Lipinski definition) is 1. The summed E-state index contributed by atoms with van der Waals surface area (Å²) in [7, 11) is 0. The van der Waals surface area contributed by atoms with E-state index >= 15 is 0 Å². The standard InChI is InChI=1S/C20H18N2O4S2/c21-11-14-5-7-15(8-6-14)22-18(23)12-26-19(24)13-25-17-4-2-1-3-16(17)20-27-9-10-28-20/h1-8,20H,9-10,12-13H2,(H,22,23). The van der Waals surface area contributed by atoms with Crippen molar-refractivity contribution in [3.8, 4) is 11.8 Å². The van der Waals surface area contributed by atoms with Crippen molar-refractivity contribution >= 4 is 41.1 Å². The summed E-state index contributed by atoms with van der Waals surface area (Å²) in [4.78, 5) is 23.8. The van der Waals surface area contributed by atoms with Gasteiger partial charge in [-0.3, -0.25) is 4.79 Å². The summed E-state index contributed by atoms with van der Waals surface area (Å²) in [5.41, 5.74) is 2.08. The fraction of sp³-hybridized carbons (Fsp3) is 0.250. The fourth-order valence-electron chi connectivity index (χ4n) is 2.49. The first-order valence-electron chi connectivity index (χ1n) is 8.56. The van der Waals surface area contributed by atoms with Crippen LogP contribution in [0.3, 0.4) is 0 Å². The van der Waals surface area contributed by atoms with E-state index < -0.39 is 18.5 Å². The summed E-state index contributed by atoms with van der Waals surface area (Å²) in [6, 6.07) is 16.0. The summed E-state index contributed by atoms with van der Waals surface area (Å²) < 4.78 is 10.9. The molecule has 0 unspecified atom stereocenters. The monoisotopic (exact) mass is 414 g/mol. The Hall–Kier alpha value is -2.63. The molecule has 1 N–H and O–H groups in total. The zero-order valence-electron chi connectivity index (χ0n) is 14.9. The van der Waals surface area contributed by atoms with E-state index in [4.69, 9.17) is 14.7 Å². The van der Waals surface area contributed by atoms with Crippen LogP contribution in [-0.4, -0.2) is 36.6 Å². The van der Waals surface area contributed by atoms with Crippen molar-refractivity contribution in [1.29, 1.82) is 5.26 Å². The maximum absolute atomic E-state index is 11.9. The van der Waals surface area contributed by atoms with Crippen LogP contribution in [0.2, 0.25) is 0 Å². The number of nitriles is 1. The van der Waals surface area contributed by atoms with Gasteiger partial charge in [0.05, 0.1) is 16.2 Å². The Morgan fingerprint density at radius 1 is 1.07 bits per heavy atom. The van der Waals surface area contributed by atoms with Gasteiger partial charge in [-0.1, -0.05) is 18.2 Å². The second kappa shape index (κ2) is 10.1. The lowest BCUT2D eigenvalue weighted by Crippen LogP contribution is -2.23. The summed E-state index contributed by atoms with van der Waals surface area (Å²) in [5.74, 6) is 1.78. The molecular weight excluding hydrogens is 396 g/mol. The van der Waals surface area contributed by atoms with Gasteiger partial charge in [0, 0.05) is 22.8 Å². The number of benzene rings is 2. The van der Waals surface area contributed by atoms with Crippen LogP contribution in [0.1, 0.15) is 15.7 Å². The Morgan fingerprint density at radius 3 is 2.50 bits per heavy atom. The lowest BCUT2D eigenvalue weighted by atomic mass is 10.2. The highest BCUT2D eigenvalue weighted by Gasteiger charge is 2.22. The van der Waals surface area contributed by atoms with E-state index in [2.05, 4.69) is 5.32 Å². The van der Waals surface area contributed by atoms with Crippen molar-refractivity contribution in [3.63, 3.8) is 0 Å². The molecule has 1 aliphatic rings. The first-order chi connectivity index (χ1) is 13.7. The Morgan fingerprint density at radius 2 is 1.79 bits per heavy atom. The van der Waals surface area contributed by atoms with Crippen LogP contribution in [0, 0.1) is 11.3 Å². The van der Waals surface area contributed by atoms with Crippen LogP contribution < -0.4 is 10.1 Å². The Labute approximate surface area is 171 Å². The number of thioether (sulfide) groups is 2. The lowest BCUT2D eigenvalue weighted by Gasteiger charge is -2.14. The molecule has 1 heterocycles. The van der Waals surface area contributed by atoms with Gasteiger partial charge in [0.1, 0.15) is 5.75 Å². The van der Waals surface area contributed by atoms with E-state index in [0.29, 0.717) is 21.6 Å². The molecule has 0 atom stereocenters. The zero-order chi connectivity index (χ0) is 19.8. The minimum atomic E-state index is -0.614. The largest absolute Gasteiger partial charge is 0.482 e. The number of nitrogens with one attached hydrogen (secondary N) is 1.